The minimum absolute atomic E-state index is 0.0770. The van der Waals surface area contributed by atoms with Crippen LogP contribution >= 0.6 is 11.3 Å². The van der Waals surface area contributed by atoms with Gasteiger partial charge in [-0.3, -0.25) is 4.79 Å². The summed E-state index contributed by atoms with van der Waals surface area (Å²) in [5.74, 6) is 0.948. The normalized spacial score (nSPS) is 21.0. The van der Waals surface area contributed by atoms with Gasteiger partial charge in [-0.2, -0.15) is 0 Å². The number of rotatable bonds is 5. The Labute approximate surface area is 149 Å². The van der Waals surface area contributed by atoms with E-state index in [1.54, 1.807) is 7.11 Å². The summed E-state index contributed by atoms with van der Waals surface area (Å²) in [6.07, 6.45) is 8.05. The van der Waals surface area contributed by atoms with Gasteiger partial charge in [-0.25, -0.2) is 4.98 Å². The summed E-state index contributed by atoms with van der Waals surface area (Å²) >= 11 is 1.50. The quantitative estimate of drug-likeness (QED) is 0.818. The maximum atomic E-state index is 12.7. The number of carbonyl (C=O) groups excluding carboxylic acids is 1. The Balaban J connectivity index is 1.51. The van der Waals surface area contributed by atoms with Crippen molar-refractivity contribution < 1.29 is 9.53 Å². The van der Waals surface area contributed by atoms with Crippen molar-refractivity contribution in [3.63, 3.8) is 0 Å². The fourth-order valence-electron chi connectivity index (χ4n) is 3.85. The minimum Gasteiger partial charge on any atom is -0.378 e. The monoisotopic (exact) mass is 351 g/mol. The largest absolute Gasteiger partial charge is 0.378 e. The number of ether oxygens (including phenoxy) is 1. The van der Waals surface area contributed by atoms with Crippen molar-refractivity contribution in [1.29, 1.82) is 0 Å². The second-order valence-corrected chi connectivity index (χ2v) is 7.95. The Morgan fingerprint density at radius 2 is 2.04 bits per heavy atom. The molecule has 24 heavy (non-hydrogen) atoms. The highest BCUT2D eigenvalue weighted by atomic mass is 32.1. The molecule has 3 rings (SSSR count). The molecule has 1 amide bonds. The molecule has 2 fully saturated rings. The maximum Gasteiger partial charge on any atom is 0.273 e. The number of hydrogen-bond donors (Lipinski definition) is 0. The standard InChI is InChI=1S/C18H29N3O2S/c1-23-13-17-19-16(14-24-17)18(22)21-9-5-8-20(10-11-21)12-15-6-3-2-4-7-15/h14-15H,2-13H2,1H3. The van der Waals surface area contributed by atoms with Crippen molar-refractivity contribution >= 4 is 17.2 Å². The summed E-state index contributed by atoms with van der Waals surface area (Å²) in [6.45, 7) is 5.48. The Morgan fingerprint density at radius 3 is 2.83 bits per heavy atom. The molecule has 0 unspecified atom stereocenters. The predicted octanol–water partition coefficient (Wildman–Crippen LogP) is 3.02. The van der Waals surface area contributed by atoms with E-state index >= 15 is 0 Å². The van der Waals surface area contributed by atoms with Gasteiger partial charge < -0.3 is 14.5 Å². The zero-order valence-corrected chi connectivity index (χ0v) is 15.5. The van der Waals surface area contributed by atoms with E-state index in [1.165, 1.54) is 50.0 Å². The lowest BCUT2D eigenvalue weighted by molar-refractivity contribution is 0.0754. The first-order valence-corrected chi connectivity index (χ1v) is 10.1. The molecule has 1 aromatic rings. The molecule has 134 valence electrons. The molecule has 2 heterocycles. The summed E-state index contributed by atoms with van der Waals surface area (Å²) < 4.78 is 5.09. The van der Waals surface area contributed by atoms with Crippen LogP contribution in [0, 0.1) is 5.92 Å². The molecule has 0 radical (unpaired) electrons. The van der Waals surface area contributed by atoms with E-state index in [0.717, 1.165) is 43.5 Å². The molecule has 1 aromatic heterocycles. The van der Waals surface area contributed by atoms with Crippen molar-refractivity contribution in [2.45, 2.75) is 45.1 Å². The number of methoxy groups -OCH3 is 1. The first kappa shape index (κ1) is 17.8. The minimum atomic E-state index is 0.0770. The molecule has 1 saturated heterocycles. The highest BCUT2D eigenvalue weighted by Crippen LogP contribution is 2.25. The van der Waals surface area contributed by atoms with Crippen LogP contribution < -0.4 is 0 Å². The van der Waals surface area contributed by atoms with Gasteiger partial charge in [-0.05, 0) is 31.7 Å². The highest BCUT2D eigenvalue weighted by molar-refractivity contribution is 7.09. The lowest BCUT2D eigenvalue weighted by Crippen LogP contribution is -2.37. The van der Waals surface area contributed by atoms with Crippen molar-refractivity contribution in [1.82, 2.24) is 14.8 Å². The summed E-state index contributed by atoms with van der Waals surface area (Å²) in [4.78, 5) is 21.6. The van der Waals surface area contributed by atoms with Crippen LogP contribution in [-0.4, -0.2) is 60.5 Å². The molecule has 1 aliphatic heterocycles. The molecule has 6 heteroatoms. The van der Waals surface area contributed by atoms with Crippen molar-refractivity contribution in [3.05, 3.63) is 16.1 Å². The zero-order chi connectivity index (χ0) is 16.8. The molecule has 1 saturated carbocycles. The van der Waals surface area contributed by atoms with Gasteiger partial charge in [0.15, 0.2) is 0 Å². The molecule has 0 aromatic carbocycles. The van der Waals surface area contributed by atoms with Crippen LogP contribution in [0.2, 0.25) is 0 Å². The third kappa shape index (κ3) is 4.77. The molecule has 0 atom stereocenters. The molecule has 5 nitrogen and oxygen atoms in total. The number of carbonyl (C=O) groups is 1. The van der Waals surface area contributed by atoms with Crippen LogP contribution in [-0.2, 0) is 11.3 Å². The van der Waals surface area contributed by atoms with Crippen LogP contribution in [0.1, 0.15) is 54.0 Å². The first-order chi connectivity index (χ1) is 11.8. The summed E-state index contributed by atoms with van der Waals surface area (Å²) in [7, 11) is 1.65. The third-order valence-electron chi connectivity index (χ3n) is 5.16. The highest BCUT2D eigenvalue weighted by Gasteiger charge is 2.24. The lowest BCUT2D eigenvalue weighted by Gasteiger charge is -2.28. The fourth-order valence-corrected chi connectivity index (χ4v) is 4.59. The van der Waals surface area contributed by atoms with Crippen molar-refractivity contribution in [2.24, 2.45) is 5.92 Å². The van der Waals surface area contributed by atoms with Crippen LogP contribution in [0.25, 0.3) is 0 Å². The van der Waals surface area contributed by atoms with Gasteiger partial charge in [0.2, 0.25) is 0 Å². The maximum absolute atomic E-state index is 12.7. The van der Waals surface area contributed by atoms with E-state index in [1.807, 2.05) is 10.3 Å². The van der Waals surface area contributed by atoms with E-state index in [4.69, 9.17) is 4.74 Å². The van der Waals surface area contributed by atoms with E-state index in [-0.39, 0.29) is 5.91 Å². The van der Waals surface area contributed by atoms with E-state index in [2.05, 4.69) is 9.88 Å². The smallest absolute Gasteiger partial charge is 0.273 e. The Bertz CT molecular complexity index is 528. The first-order valence-electron chi connectivity index (χ1n) is 9.21. The number of amides is 1. The number of thiazole rings is 1. The van der Waals surface area contributed by atoms with Crippen molar-refractivity contribution in [3.8, 4) is 0 Å². The lowest BCUT2D eigenvalue weighted by atomic mass is 9.89. The summed E-state index contributed by atoms with van der Waals surface area (Å²) in [6, 6.07) is 0. The molecule has 1 aliphatic carbocycles. The Morgan fingerprint density at radius 1 is 1.21 bits per heavy atom. The zero-order valence-electron chi connectivity index (χ0n) is 14.7. The van der Waals surface area contributed by atoms with Crippen LogP contribution in [0.5, 0.6) is 0 Å². The summed E-state index contributed by atoms with van der Waals surface area (Å²) in [5, 5.41) is 2.73. The predicted molar refractivity (Wildman–Crippen MR) is 96.4 cm³/mol. The van der Waals surface area contributed by atoms with Crippen LogP contribution in [0.15, 0.2) is 5.38 Å². The number of hydrogen-bond acceptors (Lipinski definition) is 5. The second-order valence-electron chi connectivity index (χ2n) is 7.01. The molecule has 0 bridgehead atoms. The SMILES string of the molecule is COCc1nc(C(=O)N2CCCN(CC3CCCCC3)CC2)cs1. The average molecular weight is 352 g/mol. The molecular weight excluding hydrogens is 322 g/mol. The Kier molecular flexibility index (Phi) is 6.63. The Hall–Kier alpha value is -0.980. The fraction of sp³-hybridized carbons (Fsp3) is 0.778. The van der Waals surface area contributed by atoms with Gasteiger partial charge in [0, 0.05) is 38.7 Å². The average Bonchev–Trinajstić information content (AvgIpc) is 2.94. The van der Waals surface area contributed by atoms with Gasteiger partial charge in [0.1, 0.15) is 10.7 Å². The molecular formula is C18H29N3O2S. The van der Waals surface area contributed by atoms with Crippen LogP contribution in [0.3, 0.4) is 0 Å². The van der Waals surface area contributed by atoms with E-state index < -0.39 is 0 Å². The van der Waals surface area contributed by atoms with Gasteiger partial charge >= 0.3 is 0 Å². The molecule has 0 spiro atoms. The number of nitrogens with zero attached hydrogens (tertiary/aromatic N) is 3. The molecule has 2 aliphatic rings. The van der Waals surface area contributed by atoms with Gasteiger partial charge in [0.25, 0.3) is 5.91 Å². The van der Waals surface area contributed by atoms with Gasteiger partial charge in [0.05, 0.1) is 6.61 Å². The number of aromatic nitrogens is 1. The van der Waals surface area contributed by atoms with E-state index in [0.29, 0.717) is 12.3 Å². The van der Waals surface area contributed by atoms with Crippen LogP contribution in [0.4, 0.5) is 0 Å². The summed E-state index contributed by atoms with van der Waals surface area (Å²) in [5.41, 5.74) is 0.577. The third-order valence-corrected chi connectivity index (χ3v) is 5.98. The van der Waals surface area contributed by atoms with Gasteiger partial charge in [-0.15, -0.1) is 11.3 Å². The van der Waals surface area contributed by atoms with E-state index in [9.17, 15) is 4.79 Å². The van der Waals surface area contributed by atoms with Gasteiger partial charge in [-0.1, -0.05) is 19.3 Å². The topological polar surface area (TPSA) is 45.7 Å². The molecule has 0 N–H and O–H groups in total. The second kappa shape index (κ2) is 8.92. The van der Waals surface area contributed by atoms with Crippen molar-refractivity contribution in [2.75, 3.05) is 39.8 Å².